The second-order valence-electron chi connectivity index (χ2n) is 0.923. The van der Waals surface area contributed by atoms with Crippen molar-refractivity contribution >= 4 is 43.9 Å². The number of carbonyl (C=O) groups excluding carboxylic acids is 1. The molecule has 0 N–H and O–H groups in total. The van der Waals surface area contributed by atoms with Gasteiger partial charge >= 0.3 is 0 Å². The van der Waals surface area contributed by atoms with E-state index in [9.17, 15) is 9.90 Å². The molecule has 0 aromatic heterocycles. The van der Waals surface area contributed by atoms with Crippen molar-refractivity contribution in [3.63, 3.8) is 0 Å². The van der Waals surface area contributed by atoms with Gasteiger partial charge in [0, 0.05) is 0 Å². The first-order valence-electron chi connectivity index (χ1n) is 1.33. The molecule has 0 radical (unpaired) electrons. The van der Waals surface area contributed by atoms with Crippen LogP contribution in [0.25, 0.3) is 0 Å². The van der Waals surface area contributed by atoms with E-state index in [1.54, 1.807) is 0 Å². The summed E-state index contributed by atoms with van der Waals surface area (Å²) in [5, 5.41) is 9.68. The lowest BCUT2D eigenvalue weighted by molar-refractivity contribution is -0.303. The molecule has 2 nitrogen and oxygen atoms in total. The Morgan fingerprint density at radius 2 is 1.57 bits per heavy atom. The van der Waals surface area contributed by atoms with Crippen molar-refractivity contribution in [3.05, 3.63) is 0 Å². The molecular weight excluding hydrogens is 152 g/mol. The maximum atomic E-state index is 9.68. The van der Waals surface area contributed by atoms with E-state index in [0.29, 0.717) is 0 Å². The predicted molar refractivity (Wildman–Crippen MR) is 34.7 cm³/mol. The highest BCUT2D eigenvalue weighted by atomic mass is 32.2. The molecule has 0 amide bonds. The van der Waals surface area contributed by atoms with Crippen molar-refractivity contribution in [1.29, 1.82) is 0 Å². The summed E-state index contributed by atoms with van der Waals surface area (Å²) in [6.45, 7) is 0. The molecule has 0 spiro atoms. The first-order valence-corrected chi connectivity index (χ1v) is 2.67. The smallest absolute Gasteiger partial charge is 0.138 e. The Balaban J connectivity index is 3.79. The fourth-order valence-corrected chi connectivity index (χ4v) is 0. The van der Waals surface area contributed by atoms with Crippen molar-refractivity contribution in [1.82, 2.24) is 0 Å². The predicted octanol–water partition coefficient (Wildman–Crippen LogP) is -0.821. The molecule has 0 aromatic carbocycles. The van der Waals surface area contributed by atoms with E-state index in [-0.39, 0.29) is 0 Å². The van der Waals surface area contributed by atoms with Gasteiger partial charge in [0.15, 0.2) is 0 Å². The Hall–Kier alpha value is 0.520. The van der Waals surface area contributed by atoms with Gasteiger partial charge in [-0.25, -0.2) is 0 Å². The van der Waals surface area contributed by atoms with Crippen LogP contribution in [0.1, 0.15) is 0 Å². The number of aliphatic carboxylic acids is 1. The molecule has 0 rings (SSSR count). The van der Waals surface area contributed by atoms with Gasteiger partial charge in [0.2, 0.25) is 0 Å². The van der Waals surface area contributed by atoms with E-state index >= 15 is 0 Å². The maximum Gasteiger partial charge on any atom is 0.138 e. The van der Waals surface area contributed by atoms with Gasteiger partial charge in [-0.05, 0) is 0 Å². The van der Waals surface area contributed by atoms with Gasteiger partial charge < -0.3 is 9.90 Å². The summed E-state index contributed by atoms with van der Waals surface area (Å²) < 4.78 is -1.61. The average molecular weight is 155 g/mol. The fraction of sp³-hybridized carbons (Fsp3) is 0.500. The topological polar surface area (TPSA) is 40.1 Å². The number of carbonyl (C=O) groups is 1. The molecular formula is C2H3O2S3-. The van der Waals surface area contributed by atoms with E-state index in [0.717, 1.165) is 0 Å². The van der Waals surface area contributed by atoms with Gasteiger partial charge in [-0.1, -0.05) is 0 Å². The second-order valence-corrected chi connectivity index (χ2v) is 3.99. The highest BCUT2D eigenvalue weighted by Crippen LogP contribution is 2.22. The molecule has 0 aliphatic rings. The summed E-state index contributed by atoms with van der Waals surface area (Å²) in [6.07, 6.45) is 0. The third-order valence-corrected chi connectivity index (χ3v) is 0.822. The largest absolute Gasteiger partial charge is 0.547 e. The van der Waals surface area contributed by atoms with Gasteiger partial charge in [0.05, 0.1) is 5.97 Å². The lowest BCUT2D eigenvalue weighted by atomic mass is 10.8. The van der Waals surface area contributed by atoms with E-state index in [2.05, 4.69) is 37.9 Å². The highest BCUT2D eigenvalue weighted by Gasteiger charge is 2.13. The number of carboxylic acids is 1. The summed E-state index contributed by atoms with van der Waals surface area (Å²) in [7, 11) is 0. The Bertz CT molecular complexity index is 83.4. The fourth-order valence-electron chi connectivity index (χ4n) is 0. The summed E-state index contributed by atoms with van der Waals surface area (Å²) in [4.78, 5) is 9.68. The Morgan fingerprint density at radius 3 is 1.57 bits per heavy atom. The molecule has 0 atom stereocenters. The Morgan fingerprint density at radius 1 is 1.43 bits per heavy atom. The molecule has 0 aliphatic heterocycles. The quantitative estimate of drug-likeness (QED) is 0.342. The second kappa shape index (κ2) is 2.19. The standard InChI is InChI=1S/C2H4O2S3/c3-1(4)2(5,6)7/h5-7H,(H,3,4)/p-1. The van der Waals surface area contributed by atoms with Crippen LogP contribution in [0.4, 0.5) is 0 Å². The van der Waals surface area contributed by atoms with Crippen molar-refractivity contribution in [3.8, 4) is 0 Å². The Kier molecular flexibility index (Phi) is 2.35. The van der Waals surface area contributed by atoms with Crippen LogP contribution in [-0.2, 0) is 4.79 Å². The van der Waals surface area contributed by atoms with E-state index < -0.39 is 9.38 Å². The first kappa shape index (κ1) is 7.52. The van der Waals surface area contributed by atoms with E-state index in [4.69, 9.17) is 0 Å². The number of thiol groups is 3. The number of hydrogen-bond donors (Lipinski definition) is 3. The molecule has 0 saturated heterocycles. The molecule has 42 valence electrons. The van der Waals surface area contributed by atoms with Crippen molar-refractivity contribution in [2.45, 2.75) is 3.41 Å². The molecule has 0 heterocycles. The molecule has 0 bridgehead atoms. The van der Waals surface area contributed by atoms with Crippen molar-refractivity contribution in [2.24, 2.45) is 0 Å². The summed E-state index contributed by atoms with van der Waals surface area (Å²) >= 11 is 10.2. The SMILES string of the molecule is O=C([O-])C(S)(S)S. The molecule has 0 aliphatic carbocycles. The summed E-state index contributed by atoms with van der Waals surface area (Å²) in [6, 6.07) is 0. The van der Waals surface area contributed by atoms with Crippen LogP contribution in [0, 0.1) is 0 Å². The minimum absolute atomic E-state index is 1.41. The lowest BCUT2D eigenvalue weighted by Crippen LogP contribution is -2.35. The minimum atomic E-state index is -1.61. The highest BCUT2D eigenvalue weighted by molar-refractivity contribution is 8.18. The van der Waals surface area contributed by atoms with Gasteiger partial charge in [0.1, 0.15) is 3.41 Å². The van der Waals surface area contributed by atoms with Crippen LogP contribution in [0.15, 0.2) is 0 Å². The molecule has 0 saturated carbocycles. The molecule has 5 heteroatoms. The van der Waals surface area contributed by atoms with Crippen molar-refractivity contribution in [2.75, 3.05) is 0 Å². The maximum absolute atomic E-state index is 9.68. The van der Waals surface area contributed by atoms with E-state index in [1.807, 2.05) is 0 Å². The molecule has 7 heavy (non-hydrogen) atoms. The zero-order chi connectivity index (χ0) is 6.08. The van der Waals surface area contributed by atoms with Crippen LogP contribution in [0.3, 0.4) is 0 Å². The van der Waals surface area contributed by atoms with Crippen molar-refractivity contribution < 1.29 is 9.90 Å². The third-order valence-electron chi connectivity index (χ3n) is 0.274. The number of rotatable bonds is 1. The summed E-state index contributed by atoms with van der Waals surface area (Å²) in [5.41, 5.74) is 0. The zero-order valence-electron chi connectivity index (χ0n) is 3.16. The van der Waals surface area contributed by atoms with Crippen LogP contribution in [-0.4, -0.2) is 9.38 Å². The normalized spacial score (nSPS) is 11.3. The average Bonchev–Trinajstić information content (AvgIpc) is 1.31. The van der Waals surface area contributed by atoms with Crippen LogP contribution >= 0.6 is 37.9 Å². The van der Waals surface area contributed by atoms with Gasteiger partial charge in [-0.3, -0.25) is 0 Å². The molecule has 0 fully saturated rings. The van der Waals surface area contributed by atoms with E-state index in [1.165, 1.54) is 0 Å². The summed E-state index contributed by atoms with van der Waals surface area (Å²) in [5.74, 6) is -1.41. The number of carboxylic acid groups (broad SMARTS) is 1. The molecule has 0 aromatic rings. The van der Waals surface area contributed by atoms with Crippen LogP contribution < -0.4 is 5.11 Å². The third kappa shape index (κ3) is 3.13. The van der Waals surface area contributed by atoms with Gasteiger partial charge in [0.25, 0.3) is 0 Å². The zero-order valence-corrected chi connectivity index (χ0v) is 5.84. The minimum Gasteiger partial charge on any atom is -0.547 e. The first-order chi connectivity index (χ1) is 2.94. The lowest BCUT2D eigenvalue weighted by Gasteiger charge is -2.14. The number of hydrogen-bond acceptors (Lipinski definition) is 5. The van der Waals surface area contributed by atoms with Gasteiger partial charge in [-0.2, -0.15) is 0 Å². The monoisotopic (exact) mass is 155 g/mol. The van der Waals surface area contributed by atoms with Crippen LogP contribution in [0.5, 0.6) is 0 Å². The van der Waals surface area contributed by atoms with Gasteiger partial charge in [-0.15, -0.1) is 37.9 Å². The van der Waals surface area contributed by atoms with Crippen LogP contribution in [0.2, 0.25) is 0 Å². The molecule has 0 unspecified atom stereocenters. The Labute approximate surface area is 57.5 Å².